The summed E-state index contributed by atoms with van der Waals surface area (Å²) in [7, 11) is 0. The van der Waals surface area contributed by atoms with Crippen LogP contribution < -0.4 is 5.32 Å². The molecule has 1 amide bonds. The Labute approximate surface area is 102 Å². The van der Waals surface area contributed by atoms with Gasteiger partial charge in [0.05, 0.1) is 0 Å². The summed E-state index contributed by atoms with van der Waals surface area (Å²) >= 11 is 0.778. The summed E-state index contributed by atoms with van der Waals surface area (Å²) in [5, 5.41) is 12.6. The number of amides is 1. The van der Waals surface area contributed by atoms with Crippen LogP contribution in [0.15, 0.2) is 0 Å². The van der Waals surface area contributed by atoms with E-state index in [9.17, 15) is 18.0 Å². The average molecular weight is 277 g/mol. The van der Waals surface area contributed by atoms with Crippen molar-refractivity contribution < 1.29 is 18.0 Å². The van der Waals surface area contributed by atoms with Gasteiger partial charge in [0.2, 0.25) is 9.97 Å². The van der Waals surface area contributed by atoms with Gasteiger partial charge in [0, 0.05) is 6.04 Å². The van der Waals surface area contributed by atoms with Crippen LogP contribution in [0, 0.1) is 0 Å². The summed E-state index contributed by atoms with van der Waals surface area (Å²) in [6.45, 7) is 0. The Bertz CT molecular complexity index is 614. The van der Waals surface area contributed by atoms with E-state index >= 15 is 0 Å². The quantitative estimate of drug-likeness (QED) is 0.892. The predicted octanol–water partition coefficient (Wildman–Crippen LogP) is 1.10. The molecule has 0 saturated heterocycles. The van der Waals surface area contributed by atoms with E-state index in [1.54, 1.807) is 0 Å². The predicted molar refractivity (Wildman–Crippen MR) is 54.1 cm³/mol. The molecule has 0 aromatic carbocycles. The number of rotatable bonds is 2. The fraction of sp³-hybridized carbons (Fsp3) is 0.500. The van der Waals surface area contributed by atoms with Gasteiger partial charge in [0.1, 0.15) is 0 Å². The third-order valence-corrected chi connectivity index (χ3v) is 3.25. The highest BCUT2D eigenvalue weighted by Crippen LogP contribution is 2.29. The monoisotopic (exact) mass is 277 g/mol. The molecule has 2 heterocycles. The van der Waals surface area contributed by atoms with Gasteiger partial charge in [-0.15, -0.1) is 15.3 Å². The first kappa shape index (κ1) is 11.4. The zero-order valence-corrected chi connectivity index (χ0v) is 9.55. The molecule has 0 atom stereocenters. The second-order valence-corrected chi connectivity index (χ2v) is 4.83. The van der Waals surface area contributed by atoms with E-state index in [0.717, 1.165) is 24.2 Å². The molecule has 6 nitrogen and oxygen atoms in total. The normalized spacial score (nSPS) is 16.2. The Morgan fingerprint density at radius 1 is 1.39 bits per heavy atom. The lowest BCUT2D eigenvalue weighted by atomic mass is 10.6. The molecule has 0 bridgehead atoms. The molecule has 2 aromatic rings. The van der Waals surface area contributed by atoms with Crippen LogP contribution >= 0.6 is 11.3 Å². The Balaban J connectivity index is 1.95. The second kappa shape index (κ2) is 3.64. The molecule has 10 heteroatoms. The van der Waals surface area contributed by atoms with Gasteiger partial charge in [0.25, 0.3) is 11.7 Å². The lowest BCUT2D eigenvalue weighted by Crippen LogP contribution is -2.25. The minimum absolute atomic E-state index is 0.0442. The average Bonchev–Trinajstić information content (AvgIpc) is 2.83. The van der Waals surface area contributed by atoms with Gasteiger partial charge in [-0.05, 0) is 12.8 Å². The van der Waals surface area contributed by atoms with Gasteiger partial charge in [0.15, 0.2) is 0 Å². The highest BCUT2D eigenvalue weighted by atomic mass is 32.1. The van der Waals surface area contributed by atoms with Crippen LogP contribution in [0.3, 0.4) is 0 Å². The molecular formula is C8H6F3N5OS. The first-order valence-electron chi connectivity index (χ1n) is 5.05. The van der Waals surface area contributed by atoms with Crippen LogP contribution in [0.1, 0.15) is 28.5 Å². The number of fused-ring (bicyclic) bond motifs is 1. The second-order valence-electron chi connectivity index (χ2n) is 3.87. The summed E-state index contributed by atoms with van der Waals surface area (Å²) < 4.78 is 38.1. The highest BCUT2D eigenvalue weighted by molar-refractivity contribution is 7.18. The molecule has 0 radical (unpaired) electrons. The first-order chi connectivity index (χ1) is 8.45. The van der Waals surface area contributed by atoms with Crippen LogP contribution in [0.4, 0.5) is 13.2 Å². The van der Waals surface area contributed by atoms with Crippen molar-refractivity contribution in [2.24, 2.45) is 0 Å². The number of aromatic nitrogens is 4. The molecule has 0 aliphatic heterocycles. The van der Waals surface area contributed by atoms with Gasteiger partial charge in [-0.2, -0.15) is 17.7 Å². The number of hydrogen-bond donors (Lipinski definition) is 1. The highest BCUT2D eigenvalue weighted by Gasteiger charge is 2.38. The molecule has 2 aromatic heterocycles. The summed E-state index contributed by atoms with van der Waals surface area (Å²) in [4.78, 5) is 11.6. The van der Waals surface area contributed by atoms with Gasteiger partial charge in [-0.3, -0.25) is 4.79 Å². The first-order valence-corrected chi connectivity index (χ1v) is 5.87. The maximum atomic E-state index is 12.5. The maximum absolute atomic E-state index is 12.5. The van der Waals surface area contributed by atoms with Crippen LogP contribution in [-0.4, -0.2) is 31.8 Å². The number of nitrogens with one attached hydrogen (secondary N) is 1. The minimum Gasteiger partial charge on any atom is -0.347 e. The van der Waals surface area contributed by atoms with Crippen LogP contribution in [0.5, 0.6) is 0 Å². The summed E-state index contributed by atoms with van der Waals surface area (Å²) in [6, 6.07) is 0.119. The molecule has 1 saturated carbocycles. The molecule has 18 heavy (non-hydrogen) atoms. The molecule has 96 valence electrons. The van der Waals surface area contributed by atoms with Crippen molar-refractivity contribution in [2.75, 3.05) is 0 Å². The lowest BCUT2D eigenvalue weighted by molar-refractivity contribution is -0.146. The van der Waals surface area contributed by atoms with Gasteiger partial charge < -0.3 is 5.32 Å². The Morgan fingerprint density at radius 2 is 2.11 bits per heavy atom. The molecule has 1 aliphatic rings. The molecule has 1 fully saturated rings. The van der Waals surface area contributed by atoms with Crippen molar-refractivity contribution in [3.8, 4) is 0 Å². The van der Waals surface area contributed by atoms with E-state index in [1.807, 2.05) is 0 Å². The van der Waals surface area contributed by atoms with E-state index in [0.29, 0.717) is 4.52 Å². The van der Waals surface area contributed by atoms with Crippen molar-refractivity contribution in [1.29, 1.82) is 0 Å². The zero-order valence-electron chi connectivity index (χ0n) is 8.73. The largest absolute Gasteiger partial charge is 0.453 e. The standard InChI is InChI=1S/C8H6F3N5OS/c9-8(10,11)6-13-14-7-16(6)15-5(18-7)4(17)12-3-1-2-3/h3H,1-2H2,(H,12,17). The van der Waals surface area contributed by atoms with E-state index in [1.165, 1.54) is 0 Å². The van der Waals surface area contributed by atoms with Gasteiger partial charge in [-0.1, -0.05) is 11.3 Å². The number of nitrogens with zero attached hydrogens (tertiary/aromatic N) is 4. The van der Waals surface area contributed by atoms with E-state index in [-0.39, 0.29) is 16.0 Å². The molecule has 3 rings (SSSR count). The molecule has 1 aliphatic carbocycles. The van der Waals surface area contributed by atoms with E-state index in [4.69, 9.17) is 0 Å². The van der Waals surface area contributed by atoms with E-state index in [2.05, 4.69) is 20.6 Å². The lowest BCUT2D eigenvalue weighted by Gasteiger charge is -2.00. The topological polar surface area (TPSA) is 72.2 Å². The fourth-order valence-electron chi connectivity index (χ4n) is 1.36. The fourth-order valence-corrected chi connectivity index (χ4v) is 2.10. The summed E-state index contributed by atoms with van der Waals surface area (Å²) in [5.74, 6) is -1.69. The van der Waals surface area contributed by atoms with Gasteiger partial charge in [-0.25, -0.2) is 0 Å². The van der Waals surface area contributed by atoms with Crippen molar-refractivity contribution in [2.45, 2.75) is 25.1 Å². The van der Waals surface area contributed by atoms with Crippen LogP contribution in [0.2, 0.25) is 0 Å². The third-order valence-electron chi connectivity index (χ3n) is 2.35. The van der Waals surface area contributed by atoms with Crippen molar-refractivity contribution in [3.05, 3.63) is 10.8 Å². The molecule has 1 N–H and O–H groups in total. The Hall–Kier alpha value is -1.71. The smallest absolute Gasteiger partial charge is 0.347 e. The van der Waals surface area contributed by atoms with Crippen molar-refractivity contribution in [1.82, 2.24) is 25.1 Å². The Kier molecular flexibility index (Phi) is 2.30. The SMILES string of the molecule is O=C(NC1CC1)c1nn2c(C(F)(F)F)nnc2s1. The summed E-state index contributed by atoms with van der Waals surface area (Å²) in [5.41, 5.74) is 0. The van der Waals surface area contributed by atoms with Crippen LogP contribution in [0.25, 0.3) is 4.96 Å². The maximum Gasteiger partial charge on any atom is 0.453 e. The van der Waals surface area contributed by atoms with Crippen molar-refractivity contribution in [3.63, 3.8) is 0 Å². The zero-order chi connectivity index (χ0) is 12.9. The van der Waals surface area contributed by atoms with Gasteiger partial charge >= 0.3 is 6.18 Å². The molecular weight excluding hydrogens is 271 g/mol. The van der Waals surface area contributed by atoms with Crippen LogP contribution in [-0.2, 0) is 6.18 Å². The van der Waals surface area contributed by atoms with E-state index < -0.39 is 17.9 Å². The third kappa shape index (κ3) is 1.92. The number of alkyl halides is 3. The number of carbonyl (C=O) groups excluding carboxylic acids is 1. The summed E-state index contributed by atoms with van der Waals surface area (Å²) in [6.07, 6.45) is -2.86. The van der Waals surface area contributed by atoms with Crippen molar-refractivity contribution >= 4 is 22.2 Å². The number of hydrogen-bond acceptors (Lipinski definition) is 5. The molecule has 0 unspecified atom stereocenters. The molecule has 0 spiro atoms. The number of halogens is 3. The number of carbonyl (C=O) groups is 1. The minimum atomic E-state index is -4.64. The Morgan fingerprint density at radius 3 is 2.72 bits per heavy atom.